The third-order valence-electron chi connectivity index (χ3n) is 15.4. The fourth-order valence-corrected chi connectivity index (χ4v) is 11.5. The Bertz CT molecular complexity index is 2870. The van der Waals surface area contributed by atoms with Crippen molar-refractivity contribution in [3.8, 4) is 11.1 Å². The van der Waals surface area contributed by atoms with Crippen molar-refractivity contribution in [2.45, 2.75) is 76.5 Å². The molecule has 2 N–H and O–H groups in total. The molecule has 10 rings (SSSR count). The van der Waals surface area contributed by atoms with Crippen molar-refractivity contribution in [1.82, 2.24) is 38.5 Å². The number of ether oxygens (including phenoxy) is 1. The summed E-state index contributed by atoms with van der Waals surface area (Å²) < 4.78 is 25.0. The number of piperidine rings is 2. The van der Waals surface area contributed by atoms with Crippen molar-refractivity contribution in [1.29, 1.82) is 0 Å². The van der Waals surface area contributed by atoms with Crippen molar-refractivity contribution < 1.29 is 23.5 Å². The zero-order chi connectivity index (χ0) is 47.9. The Kier molecular flexibility index (Phi) is 13.5. The van der Waals surface area contributed by atoms with Crippen LogP contribution in [0.1, 0.15) is 97.9 Å². The van der Waals surface area contributed by atoms with Crippen LogP contribution in [0.2, 0.25) is 0 Å². The quantitative estimate of drug-likeness (QED) is 0.104. The van der Waals surface area contributed by atoms with E-state index in [0.717, 1.165) is 116 Å². The number of hydrogen-bond acceptors (Lipinski definition) is 11. The normalized spacial score (nSPS) is 20.2. The Labute approximate surface area is 408 Å². The average Bonchev–Trinajstić information content (AvgIpc) is 4.05. The first-order valence-corrected chi connectivity index (χ1v) is 25.0. The fourth-order valence-electron chi connectivity index (χ4n) is 11.1. The number of fused-ring (bicyclic) bond motifs is 2. The highest BCUT2D eigenvalue weighted by atomic mass is 32.1. The number of imidazole rings is 1. The van der Waals surface area contributed by atoms with E-state index in [2.05, 4.69) is 86.3 Å². The second-order valence-electron chi connectivity index (χ2n) is 19.6. The summed E-state index contributed by atoms with van der Waals surface area (Å²) in [5.41, 5.74) is 9.36. The van der Waals surface area contributed by atoms with E-state index in [1.54, 1.807) is 19.2 Å². The maximum atomic E-state index is 15.4. The number of halogens is 1. The Morgan fingerprint density at radius 2 is 1.71 bits per heavy atom. The lowest BCUT2D eigenvalue weighted by molar-refractivity contribution is -0.123. The molecule has 3 unspecified atom stereocenters. The van der Waals surface area contributed by atoms with E-state index in [9.17, 15) is 14.4 Å². The number of nitrogens with one attached hydrogen (secondary N) is 2. The molecule has 0 radical (unpaired) electrons. The van der Waals surface area contributed by atoms with Gasteiger partial charge in [0.1, 0.15) is 29.4 Å². The molecule has 7 heterocycles. The largest absolute Gasteiger partial charge is 0.374 e. The molecule has 0 aliphatic carbocycles. The summed E-state index contributed by atoms with van der Waals surface area (Å²) in [6.07, 6.45) is 6.41. The lowest BCUT2D eigenvalue weighted by atomic mass is 9.88. The van der Waals surface area contributed by atoms with Crippen LogP contribution < -0.4 is 15.5 Å². The Balaban J connectivity index is 0.693. The molecule has 3 atom stereocenters. The van der Waals surface area contributed by atoms with Gasteiger partial charge in [-0.15, -0.1) is 0 Å². The summed E-state index contributed by atoms with van der Waals surface area (Å²) in [6, 6.07) is 23.8. The number of rotatable bonds is 12. The lowest BCUT2D eigenvalue weighted by Gasteiger charge is -2.36. The third kappa shape index (κ3) is 9.60. The molecule has 4 fully saturated rings. The van der Waals surface area contributed by atoms with E-state index in [1.165, 1.54) is 17.3 Å². The van der Waals surface area contributed by atoms with E-state index >= 15 is 4.39 Å². The summed E-state index contributed by atoms with van der Waals surface area (Å²) in [5.74, 6) is 1.21. The van der Waals surface area contributed by atoms with Crippen LogP contribution in [0.5, 0.6) is 0 Å². The minimum atomic E-state index is -0.569. The Morgan fingerprint density at radius 1 is 0.928 bits per heavy atom. The van der Waals surface area contributed by atoms with Gasteiger partial charge in [-0.25, -0.2) is 14.4 Å². The fraction of sp³-hybridized carbons (Fsp3) is 0.453. The van der Waals surface area contributed by atoms with Crippen molar-refractivity contribution in [2.24, 2.45) is 13.0 Å². The predicted molar refractivity (Wildman–Crippen MR) is 271 cm³/mol. The number of aromatic nitrogens is 4. The SMILES string of the molecule is COC(C)c1nc2ccc(-c3ccnc4c3cc(C(C)N3CCC(c5ccc(C(=O)N6CCC(CN7CCN(c8ccc(NC9CCC(=O)CNC9=O)cc8F)C7)CC6)cc5)CC3)n4C)cc2n1S. The molecule has 4 aliphatic heterocycles. The molecule has 0 bridgehead atoms. The molecule has 0 spiro atoms. The van der Waals surface area contributed by atoms with Crippen molar-refractivity contribution in [2.75, 3.05) is 76.4 Å². The van der Waals surface area contributed by atoms with E-state index < -0.39 is 6.04 Å². The number of aryl methyl sites for hydroxylation is 1. The van der Waals surface area contributed by atoms with Gasteiger partial charge in [-0.2, -0.15) is 0 Å². The third-order valence-corrected chi connectivity index (χ3v) is 15.8. The second-order valence-corrected chi connectivity index (χ2v) is 20.0. The van der Waals surface area contributed by atoms with Crippen LogP contribution in [0.4, 0.5) is 15.8 Å². The van der Waals surface area contributed by atoms with Crippen LogP contribution >= 0.6 is 12.8 Å². The van der Waals surface area contributed by atoms with Crippen LogP contribution in [0.15, 0.2) is 79.0 Å². The summed E-state index contributed by atoms with van der Waals surface area (Å²) in [4.78, 5) is 56.5. The monoisotopic (exact) mass is 954 g/mol. The van der Waals surface area contributed by atoms with Crippen molar-refractivity contribution in [3.63, 3.8) is 0 Å². The lowest BCUT2D eigenvalue weighted by Crippen LogP contribution is -2.41. The Morgan fingerprint density at radius 3 is 2.46 bits per heavy atom. The molecule has 3 aromatic heterocycles. The van der Waals surface area contributed by atoms with Gasteiger partial charge in [0.15, 0.2) is 5.78 Å². The Hall–Kier alpha value is -5.81. The second kappa shape index (κ2) is 19.9. The number of nitrogens with zero attached hydrogens (tertiary/aromatic N) is 8. The van der Waals surface area contributed by atoms with Gasteiger partial charge in [-0.1, -0.05) is 31.0 Å². The van der Waals surface area contributed by atoms with Gasteiger partial charge in [0.25, 0.3) is 5.91 Å². The zero-order valence-electron chi connectivity index (χ0n) is 40.0. The van der Waals surface area contributed by atoms with E-state index in [1.807, 2.05) is 34.1 Å². The number of ketones is 1. The summed E-state index contributed by atoms with van der Waals surface area (Å²) in [7, 11) is 3.80. The number of carbonyl (C=O) groups excluding carboxylic acids is 3. The van der Waals surface area contributed by atoms with Crippen molar-refractivity contribution >= 4 is 63.9 Å². The van der Waals surface area contributed by atoms with Gasteiger partial charge in [-0.05, 0) is 142 Å². The molecule has 0 saturated carbocycles. The maximum Gasteiger partial charge on any atom is 0.253 e. The number of Topliss-reactive ketones (excluding diaryl/α,β-unsaturated/α-hetero) is 1. The van der Waals surface area contributed by atoms with Crippen LogP contribution in [0.3, 0.4) is 0 Å². The van der Waals surface area contributed by atoms with E-state index in [0.29, 0.717) is 42.7 Å². The van der Waals surface area contributed by atoms with Crippen LogP contribution in [0.25, 0.3) is 33.2 Å². The highest BCUT2D eigenvalue weighted by Gasteiger charge is 2.31. The van der Waals surface area contributed by atoms with Gasteiger partial charge in [-0.3, -0.25) is 28.2 Å². The van der Waals surface area contributed by atoms with Gasteiger partial charge < -0.3 is 29.7 Å². The molecule has 4 aliphatic rings. The molecule has 3 aromatic carbocycles. The topological polar surface area (TPSA) is 133 Å². The number of anilines is 2. The molecule has 2 amide bonds. The molecule has 14 nitrogen and oxygen atoms in total. The number of methoxy groups -OCH3 is 1. The van der Waals surface area contributed by atoms with Crippen molar-refractivity contribution in [3.05, 3.63) is 107 Å². The number of benzene rings is 3. The van der Waals surface area contributed by atoms with Crippen LogP contribution in [-0.2, 0) is 21.4 Å². The molecule has 16 heteroatoms. The first-order chi connectivity index (χ1) is 33.4. The molecule has 6 aromatic rings. The summed E-state index contributed by atoms with van der Waals surface area (Å²) >= 11 is 4.77. The predicted octanol–water partition coefficient (Wildman–Crippen LogP) is 7.96. The highest BCUT2D eigenvalue weighted by Crippen LogP contribution is 2.38. The van der Waals surface area contributed by atoms with Crippen LogP contribution in [0, 0.1) is 11.7 Å². The highest BCUT2D eigenvalue weighted by molar-refractivity contribution is 7.78. The number of hydrogen-bond donors (Lipinski definition) is 3. The summed E-state index contributed by atoms with van der Waals surface area (Å²) in [6.45, 7) is 10.9. The number of amides is 2. The number of likely N-dealkylation sites (tertiary alicyclic amines) is 2. The van der Waals surface area contributed by atoms with Gasteiger partial charge in [0, 0.05) is 87.9 Å². The minimum absolute atomic E-state index is 0.00241. The van der Waals surface area contributed by atoms with E-state index in [4.69, 9.17) is 27.5 Å². The number of pyridine rings is 1. The molecular formula is C53H63FN10O4S. The van der Waals surface area contributed by atoms with E-state index in [-0.39, 0.29) is 42.1 Å². The standard InChI is InChI=1S/C53H63FN10O4S/c1-33(48-29-43-42(15-20-55-51(43)59(48)3)39-9-12-45-49(27-39)64(69)50(58-45)34(2)68-4)61-23-18-37(19-24-61)36-5-7-38(8-6-36)53(67)62-21-16-35(17-22-62)31-60-25-26-63(32-60)47-14-10-40(28-44(47)54)57-46-13-11-41(65)30-56-52(46)66/h5-10,12,14-15,20,27-29,33-35,37,46,57,69H,11,13,16-19,21-26,30-32H2,1-4H3,(H,56,66). The molecule has 362 valence electrons. The number of thiol groups is 1. The zero-order valence-corrected chi connectivity index (χ0v) is 40.9. The van der Waals surface area contributed by atoms with Gasteiger partial charge >= 0.3 is 0 Å². The molecule has 4 saturated heterocycles. The average molecular weight is 955 g/mol. The van der Waals surface area contributed by atoms with Gasteiger partial charge in [0.2, 0.25) is 5.91 Å². The smallest absolute Gasteiger partial charge is 0.253 e. The summed E-state index contributed by atoms with van der Waals surface area (Å²) in [5, 5.41) is 6.86. The number of carbonyl (C=O) groups is 3. The van der Waals surface area contributed by atoms with Gasteiger partial charge in [0.05, 0.1) is 29.9 Å². The first kappa shape index (κ1) is 46.9. The molecular weight excluding hydrogens is 892 g/mol. The maximum absolute atomic E-state index is 15.4. The molecule has 69 heavy (non-hydrogen) atoms. The first-order valence-electron chi connectivity index (χ1n) is 24.6. The van der Waals surface area contributed by atoms with Crippen LogP contribution in [-0.4, -0.2) is 123 Å². The minimum Gasteiger partial charge on any atom is -0.374 e.